The van der Waals surface area contributed by atoms with Gasteiger partial charge in [-0.3, -0.25) is 28.8 Å². The normalized spacial score (nSPS) is 13.7. The Balaban J connectivity index is 5.65. The lowest BCUT2D eigenvalue weighted by atomic mass is 10.0. The zero-order valence-corrected chi connectivity index (χ0v) is 47.5. The monoisotopic (exact) mass is 1050 g/mol. The van der Waals surface area contributed by atoms with Gasteiger partial charge in [-0.25, -0.2) is 19.2 Å². The quantitative estimate of drug-likeness (QED) is 0.0241. The van der Waals surface area contributed by atoms with E-state index in [0.717, 1.165) is 57.8 Å². The molecule has 0 rings (SSSR count). The van der Waals surface area contributed by atoms with Crippen molar-refractivity contribution in [3.63, 3.8) is 0 Å². The summed E-state index contributed by atoms with van der Waals surface area (Å²) in [4.78, 5) is 129. The van der Waals surface area contributed by atoms with E-state index in [9.17, 15) is 53.1 Å². The van der Waals surface area contributed by atoms with Crippen molar-refractivity contribution in [3.8, 4) is 0 Å². The summed E-state index contributed by atoms with van der Waals surface area (Å²) in [5, 5.41) is 19.5. The summed E-state index contributed by atoms with van der Waals surface area (Å²) in [7, 11) is 0. The predicted molar refractivity (Wildman–Crippen MR) is 277 cm³/mol. The Hall–Kier alpha value is -5.30. The molecule has 0 heterocycles. The molecule has 0 saturated carbocycles. The highest BCUT2D eigenvalue weighted by Gasteiger charge is 2.33. The number of aliphatic carboxylic acids is 1. The minimum atomic E-state index is -1.38. The lowest BCUT2D eigenvalue weighted by molar-refractivity contribution is -0.160. The molecule has 0 spiro atoms. The SMILES string of the molecule is CC(C)(C)OC(=O)CCCCCCCCCCCCC(=O)N[C@@H](CCC(=O)N[C@@H](CCC(=O)N[C@@H](CCC(=O)N[C@@H](CCC(=O)O)C(=O)OC(C)(C)C)C(=O)OC(C)(C)C)C(=O)OC(C)(C)C)C(=O)OC(C)(C)C. The molecule has 20 nitrogen and oxygen atoms in total. The molecule has 0 aromatic carbocycles. The van der Waals surface area contributed by atoms with Crippen LogP contribution in [0.4, 0.5) is 0 Å². The van der Waals surface area contributed by atoms with Gasteiger partial charge in [0.15, 0.2) is 0 Å². The highest BCUT2D eigenvalue weighted by molar-refractivity contribution is 5.89. The number of hydrogen-bond acceptors (Lipinski definition) is 15. The Kier molecular flexibility index (Phi) is 30.5. The van der Waals surface area contributed by atoms with E-state index in [4.69, 9.17) is 23.7 Å². The topological polar surface area (TPSA) is 285 Å². The molecule has 426 valence electrons. The Morgan fingerprint density at radius 1 is 0.311 bits per heavy atom. The van der Waals surface area contributed by atoms with Crippen LogP contribution in [0.5, 0.6) is 0 Å². The minimum absolute atomic E-state index is 0.163. The number of unbranched alkanes of at least 4 members (excludes halogenated alkanes) is 9. The number of nitrogens with one attached hydrogen (secondary N) is 4. The molecule has 0 unspecified atom stereocenters. The van der Waals surface area contributed by atoms with Gasteiger partial charge in [0.2, 0.25) is 23.6 Å². The van der Waals surface area contributed by atoms with E-state index in [0.29, 0.717) is 12.8 Å². The van der Waals surface area contributed by atoms with Gasteiger partial charge in [-0.2, -0.15) is 0 Å². The van der Waals surface area contributed by atoms with E-state index in [1.54, 1.807) is 83.1 Å². The first-order valence-corrected chi connectivity index (χ1v) is 26.4. The molecular formula is C54H94N4O16. The van der Waals surface area contributed by atoms with Gasteiger partial charge in [0.1, 0.15) is 52.2 Å². The maximum absolute atomic E-state index is 13.5. The maximum atomic E-state index is 13.5. The predicted octanol–water partition coefficient (Wildman–Crippen LogP) is 7.52. The molecule has 0 aromatic rings. The summed E-state index contributed by atoms with van der Waals surface area (Å²) in [6, 6.07) is -5.22. The molecule has 0 fully saturated rings. The van der Waals surface area contributed by atoms with Crippen LogP contribution in [0.15, 0.2) is 0 Å². The van der Waals surface area contributed by atoms with Gasteiger partial charge in [0, 0.05) is 38.5 Å². The van der Waals surface area contributed by atoms with Crippen LogP contribution in [0.3, 0.4) is 0 Å². The molecule has 20 heteroatoms. The molecule has 4 amide bonds. The highest BCUT2D eigenvalue weighted by Crippen LogP contribution is 2.18. The second-order valence-electron chi connectivity index (χ2n) is 23.8. The first kappa shape index (κ1) is 68.7. The molecule has 4 atom stereocenters. The molecule has 0 saturated heterocycles. The standard InChI is InChI=1S/C54H94N4O16/c1-50(2,3)70-45(65)27-25-23-21-19-17-16-18-20-22-24-26-40(59)55-36(46(66)71-51(4,5)6)28-32-41(60)56-37(47(67)72-52(7,8)9)29-33-42(61)57-38(48(68)73-53(10,11)12)30-34-43(62)58-39(31-35-44(63)64)49(69)74-54(13,14)15/h36-39H,16-35H2,1-15H3,(H,55,59)(H,56,60)(H,57,61)(H,58,62)(H,63,64)/t36-,37-,38-,39-/m0/s1. The third-order valence-electron chi connectivity index (χ3n) is 10.2. The molecule has 74 heavy (non-hydrogen) atoms. The van der Waals surface area contributed by atoms with E-state index in [2.05, 4.69) is 21.3 Å². The van der Waals surface area contributed by atoms with Crippen LogP contribution in [0, 0.1) is 0 Å². The zero-order chi connectivity index (χ0) is 57.1. The van der Waals surface area contributed by atoms with Crippen molar-refractivity contribution in [2.24, 2.45) is 0 Å². The van der Waals surface area contributed by atoms with Gasteiger partial charge in [-0.05, 0) is 142 Å². The van der Waals surface area contributed by atoms with Crippen molar-refractivity contribution in [1.29, 1.82) is 0 Å². The number of carbonyl (C=O) groups excluding carboxylic acids is 9. The minimum Gasteiger partial charge on any atom is -0.481 e. The number of rotatable bonds is 33. The van der Waals surface area contributed by atoms with E-state index < -0.39 is 119 Å². The second kappa shape index (κ2) is 32.9. The average Bonchev–Trinajstić information content (AvgIpc) is 3.20. The lowest BCUT2D eigenvalue weighted by Gasteiger charge is -2.26. The Morgan fingerprint density at radius 3 is 0.770 bits per heavy atom. The van der Waals surface area contributed by atoms with Crippen LogP contribution < -0.4 is 21.3 Å². The van der Waals surface area contributed by atoms with Gasteiger partial charge in [-0.15, -0.1) is 0 Å². The van der Waals surface area contributed by atoms with E-state index in [1.165, 1.54) is 0 Å². The van der Waals surface area contributed by atoms with Gasteiger partial charge in [-0.1, -0.05) is 51.4 Å². The molecule has 0 radical (unpaired) electrons. The average molecular weight is 1060 g/mol. The third kappa shape index (κ3) is 38.3. The smallest absolute Gasteiger partial charge is 0.329 e. The molecule has 0 aliphatic rings. The summed E-state index contributed by atoms with van der Waals surface area (Å²) < 4.78 is 27.3. The van der Waals surface area contributed by atoms with Crippen LogP contribution in [0.25, 0.3) is 0 Å². The van der Waals surface area contributed by atoms with Crippen molar-refractivity contribution in [2.45, 2.75) is 284 Å². The zero-order valence-electron chi connectivity index (χ0n) is 47.5. The number of hydrogen-bond donors (Lipinski definition) is 5. The van der Waals surface area contributed by atoms with E-state index in [-0.39, 0.29) is 50.4 Å². The first-order valence-electron chi connectivity index (χ1n) is 26.4. The van der Waals surface area contributed by atoms with Gasteiger partial charge >= 0.3 is 35.8 Å². The number of carbonyl (C=O) groups is 10. The van der Waals surface area contributed by atoms with Crippen molar-refractivity contribution in [2.75, 3.05) is 0 Å². The largest absolute Gasteiger partial charge is 0.481 e. The fraction of sp³-hybridized carbons (Fsp3) is 0.815. The van der Waals surface area contributed by atoms with Crippen LogP contribution in [0.1, 0.15) is 232 Å². The number of ether oxygens (including phenoxy) is 5. The molecule has 0 aromatic heterocycles. The summed E-state index contributed by atoms with van der Waals surface area (Å²) in [5.41, 5.74) is -4.27. The van der Waals surface area contributed by atoms with Crippen LogP contribution in [0.2, 0.25) is 0 Å². The molecule has 0 bridgehead atoms. The van der Waals surface area contributed by atoms with E-state index in [1.807, 2.05) is 20.8 Å². The van der Waals surface area contributed by atoms with E-state index >= 15 is 0 Å². The number of amides is 4. The Bertz CT molecular complexity index is 1830. The summed E-state index contributed by atoms with van der Waals surface area (Å²) in [5.74, 6) is -7.21. The van der Waals surface area contributed by atoms with Crippen molar-refractivity contribution < 1.29 is 76.7 Å². The fourth-order valence-electron chi connectivity index (χ4n) is 7.01. The van der Waals surface area contributed by atoms with Gasteiger partial charge in [0.05, 0.1) is 0 Å². The van der Waals surface area contributed by atoms with Gasteiger partial charge in [0.25, 0.3) is 0 Å². The van der Waals surface area contributed by atoms with Crippen LogP contribution >= 0.6 is 0 Å². The number of carboxylic acid groups (broad SMARTS) is 1. The second-order valence-corrected chi connectivity index (χ2v) is 23.8. The van der Waals surface area contributed by atoms with Crippen molar-refractivity contribution in [3.05, 3.63) is 0 Å². The first-order chi connectivity index (χ1) is 33.8. The van der Waals surface area contributed by atoms with Crippen molar-refractivity contribution in [1.82, 2.24) is 21.3 Å². The van der Waals surface area contributed by atoms with Gasteiger partial charge < -0.3 is 50.1 Å². The highest BCUT2D eigenvalue weighted by atomic mass is 16.6. The molecule has 0 aliphatic carbocycles. The number of esters is 5. The fourth-order valence-corrected chi connectivity index (χ4v) is 7.01. The van der Waals surface area contributed by atoms with Crippen LogP contribution in [-0.2, 0) is 71.6 Å². The lowest BCUT2D eigenvalue weighted by Crippen LogP contribution is -2.48. The summed E-state index contributed by atoms with van der Waals surface area (Å²) in [6.07, 6.45) is 7.50. The number of carboxylic acids is 1. The van der Waals surface area contributed by atoms with Crippen LogP contribution in [-0.4, -0.2) is 117 Å². The molecule has 0 aliphatic heterocycles. The summed E-state index contributed by atoms with van der Waals surface area (Å²) >= 11 is 0. The Labute approximate surface area is 440 Å². The Morgan fingerprint density at radius 2 is 0.527 bits per heavy atom. The van der Waals surface area contributed by atoms with Crippen molar-refractivity contribution >= 4 is 59.4 Å². The maximum Gasteiger partial charge on any atom is 0.329 e. The molecular weight excluding hydrogens is 961 g/mol. The summed E-state index contributed by atoms with van der Waals surface area (Å²) in [6.45, 7) is 25.1. The molecule has 5 N–H and O–H groups in total. The third-order valence-corrected chi connectivity index (χ3v) is 10.2.